The van der Waals surface area contributed by atoms with Gasteiger partial charge >= 0.3 is 6.09 Å². The predicted octanol–water partition coefficient (Wildman–Crippen LogP) is 2.32. The quantitative estimate of drug-likeness (QED) is 0.810. The van der Waals surface area contributed by atoms with E-state index in [-0.39, 0.29) is 22.6 Å². The van der Waals surface area contributed by atoms with Crippen LogP contribution in [0.5, 0.6) is 0 Å². The van der Waals surface area contributed by atoms with Crippen LogP contribution in [-0.4, -0.2) is 22.8 Å². The molecule has 3 N–H and O–H groups in total. The van der Waals surface area contributed by atoms with Crippen molar-refractivity contribution in [3.63, 3.8) is 0 Å². The molecule has 0 radical (unpaired) electrons. The van der Waals surface area contributed by atoms with Crippen LogP contribution in [-0.2, 0) is 4.74 Å². The normalized spacial score (nSPS) is 29.3. The molecule has 4 nitrogen and oxygen atoms in total. The van der Waals surface area contributed by atoms with E-state index in [4.69, 9.17) is 10.5 Å². The Morgan fingerprint density at radius 2 is 1.67 bits per heavy atom. The summed E-state index contributed by atoms with van der Waals surface area (Å²) in [6, 6.07) is 0. The number of rotatable bonds is 3. The first-order chi connectivity index (χ1) is 8.22. The van der Waals surface area contributed by atoms with Gasteiger partial charge in [-0.2, -0.15) is 0 Å². The van der Waals surface area contributed by atoms with Gasteiger partial charge in [0.25, 0.3) is 0 Å². The molecule has 102 valence electrons. The number of carbonyl (C=O) groups is 1. The summed E-state index contributed by atoms with van der Waals surface area (Å²) in [6.45, 7) is 5.68. The number of nitrogens with one attached hydrogen (secondary N) is 1. The fraction of sp³-hybridized carbons (Fsp3) is 0.929. The van der Waals surface area contributed by atoms with Crippen molar-refractivity contribution in [3.05, 3.63) is 0 Å². The van der Waals surface area contributed by atoms with Crippen LogP contribution in [0.3, 0.4) is 0 Å². The Morgan fingerprint density at radius 3 is 2.00 bits per heavy atom. The minimum Gasteiger partial charge on any atom is -0.444 e. The summed E-state index contributed by atoms with van der Waals surface area (Å²) in [7, 11) is 0. The van der Waals surface area contributed by atoms with Crippen molar-refractivity contribution in [2.24, 2.45) is 11.1 Å². The molecule has 0 aromatic heterocycles. The number of carbonyl (C=O) groups excluding carboxylic acids is 1. The number of alkyl carbamates (subject to hydrolysis) is 1. The van der Waals surface area contributed by atoms with Gasteiger partial charge in [0.05, 0.1) is 5.54 Å². The molecule has 3 saturated carbocycles. The molecule has 0 saturated heterocycles. The van der Waals surface area contributed by atoms with Crippen LogP contribution in [0.1, 0.15) is 59.3 Å². The Morgan fingerprint density at radius 1 is 1.11 bits per heavy atom. The van der Waals surface area contributed by atoms with E-state index in [1.165, 1.54) is 12.8 Å². The zero-order valence-corrected chi connectivity index (χ0v) is 11.6. The lowest BCUT2D eigenvalue weighted by molar-refractivity contribution is 0.0454. The molecular formula is C14H24N2O2. The fourth-order valence-corrected chi connectivity index (χ4v) is 3.54. The molecule has 3 fully saturated rings. The second-order valence-corrected chi connectivity index (χ2v) is 7.45. The second kappa shape index (κ2) is 3.21. The summed E-state index contributed by atoms with van der Waals surface area (Å²) < 4.78 is 5.38. The Balaban J connectivity index is 1.68. The van der Waals surface area contributed by atoms with Crippen LogP contribution in [0.2, 0.25) is 0 Å². The zero-order valence-electron chi connectivity index (χ0n) is 11.6. The lowest BCUT2D eigenvalue weighted by Crippen LogP contribution is -2.53. The van der Waals surface area contributed by atoms with Gasteiger partial charge in [-0.15, -0.1) is 0 Å². The third-order valence-electron chi connectivity index (χ3n) is 4.90. The summed E-state index contributed by atoms with van der Waals surface area (Å²) in [5.74, 6) is 0. The van der Waals surface area contributed by atoms with Crippen molar-refractivity contribution in [1.29, 1.82) is 0 Å². The van der Waals surface area contributed by atoms with Gasteiger partial charge in [0, 0.05) is 11.0 Å². The van der Waals surface area contributed by atoms with Gasteiger partial charge in [0.1, 0.15) is 5.60 Å². The van der Waals surface area contributed by atoms with E-state index in [9.17, 15) is 4.79 Å². The van der Waals surface area contributed by atoms with Crippen molar-refractivity contribution in [1.82, 2.24) is 5.32 Å². The van der Waals surface area contributed by atoms with Gasteiger partial charge in [-0.05, 0) is 59.3 Å². The average Bonchev–Trinajstić information content (AvgIpc) is 3.02. The summed E-state index contributed by atoms with van der Waals surface area (Å²) in [6.07, 6.45) is 6.40. The van der Waals surface area contributed by atoms with Gasteiger partial charge in [0.2, 0.25) is 0 Å². The van der Waals surface area contributed by atoms with E-state index in [0.29, 0.717) is 0 Å². The Bertz CT molecular complexity index is 385. The van der Waals surface area contributed by atoms with Gasteiger partial charge in [0.15, 0.2) is 0 Å². The Kier molecular flexibility index (Phi) is 2.19. The number of hydrogen-bond acceptors (Lipinski definition) is 3. The van der Waals surface area contributed by atoms with Gasteiger partial charge in [-0.3, -0.25) is 0 Å². The zero-order chi connectivity index (χ0) is 13.2. The maximum absolute atomic E-state index is 12.0. The standard InChI is InChI=1S/C14H24N2O2/c1-11(2,3)18-10(17)16-14(8-9-14)12(4-5-12)13(15)6-7-13/h4-9,15H2,1-3H3,(H,16,17). The van der Waals surface area contributed by atoms with Crippen molar-refractivity contribution >= 4 is 6.09 Å². The van der Waals surface area contributed by atoms with Gasteiger partial charge in [-0.1, -0.05) is 0 Å². The maximum atomic E-state index is 12.0. The van der Waals surface area contributed by atoms with E-state index in [2.05, 4.69) is 5.32 Å². The first-order valence-electron chi connectivity index (χ1n) is 7.02. The largest absolute Gasteiger partial charge is 0.444 e. The summed E-state index contributed by atoms with van der Waals surface area (Å²) in [4.78, 5) is 12.0. The van der Waals surface area contributed by atoms with Crippen molar-refractivity contribution in [2.75, 3.05) is 0 Å². The van der Waals surface area contributed by atoms with E-state index < -0.39 is 5.60 Å². The van der Waals surface area contributed by atoms with Crippen LogP contribution >= 0.6 is 0 Å². The number of amides is 1. The maximum Gasteiger partial charge on any atom is 0.408 e. The third-order valence-corrected chi connectivity index (χ3v) is 4.90. The van der Waals surface area contributed by atoms with Crippen molar-refractivity contribution in [3.8, 4) is 0 Å². The summed E-state index contributed by atoms with van der Waals surface area (Å²) in [5, 5.41) is 3.13. The molecule has 1 amide bonds. The molecule has 0 bridgehead atoms. The van der Waals surface area contributed by atoms with Crippen molar-refractivity contribution < 1.29 is 9.53 Å². The average molecular weight is 252 g/mol. The molecule has 0 aromatic carbocycles. The monoisotopic (exact) mass is 252 g/mol. The summed E-state index contributed by atoms with van der Waals surface area (Å²) >= 11 is 0. The van der Waals surface area contributed by atoms with Crippen LogP contribution in [0, 0.1) is 5.41 Å². The highest BCUT2D eigenvalue weighted by atomic mass is 16.6. The molecule has 3 rings (SSSR count). The Labute approximate surface area is 109 Å². The molecular weight excluding hydrogens is 228 g/mol. The topological polar surface area (TPSA) is 64.3 Å². The fourth-order valence-electron chi connectivity index (χ4n) is 3.54. The molecule has 0 aliphatic heterocycles. The van der Waals surface area contributed by atoms with E-state index in [0.717, 1.165) is 25.7 Å². The van der Waals surface area contributed by atoms with E-state index >= 15 is 0 Å². The first kappa shape index (κ1) is 12.3. The number of ether oxygens (including phenoxy) is 1. The predicted molar refractivity (Wildman–Crippen MR) is 69.2 cm³/mol. The molecule has 3 aliphatic rings. The van der Waals surface area contributed by atoms with Crippen molar-refractivity contribution in [2.45, 2.75) is 76.0 Å². The highest BCUT2D eigenvalue weighted by molar-refractivity contribution is 5.70. The SMILES string of the molecule is CC(C)(C)OC(=O)NC1(C2(C3(N)CC3)CC2)CC1. The first-order valence-corrected chi connectivity index (χ1v) is 7.02. The molecule has 0 spiro atoms. The molecule has 18 heavy (non-hydrogen) atoms. The molecule has 0 aromatic rings. The second-order valence-electron chi connectivity index (χ2n) is 7.45. The lowest BCUT2D eigenvalue weighted by Gasteiger charge is -2.34. The van der Waals surface area contributed by atoms with E-state index in [1.807, 2.05) is 20.8 Å². The lowest BCUT2D eigenvalue weighted by atomic mass is 9.83. The molecule has 0 heterocycles. The minimum atomic E-state index is -0.434. The van der Waals surface area contributed by atoms with Gasteiger partial charge in [-0.25, -0.2) is 4.79 Å². The number of nitrogens with two attached hydrogens (primary N) is 1. The van der Waals surface area contributed by atoms with Crippen LogP contribution < -0.4 is 11.1 Å². The molecule has 4 heteroatoms. The van der Waals surface area contributed by atoms with Crippen LogP contribution in [0.4, 0.5) is 4.79 Å². The van der Waals surface area contributed by atoms with E-state index in [1.54, 1.807) is 0 Å². The third kappa shape index (κ3) is 1.73. The smallest absolute Gasteiger partial charge is 0.408 e. The Hall–Kier alpha value is -0.770. The van der Waals surface area contributed by atoms with Crippen LogP contribution in [0.25, 0.3) is 0 Å². The number of hydrogen-bond donors (Lipinski definition) is 2. The highest BCUT2D eigenvalue weighted by Crippen LogP contribution is 2.73. The molecule has 3 aliphatic carbocycles. The highest BCUT2D eigenvalue weighted by Gasteiger charge is 2.76. The van der Waals surface area contributed by atoms with Crippen LogP contribution in [0.15, 0.2) is 0 Å². The molecule has 0 unspecified atom stereocenters. The molecule has 0 atom stereocenters. The minimum absolute atomic E-state index is 0.00148. The summed E-state index contributed by atoms with van der Waals surface area (Å²) in [5.41, 5.74) is 6.11. The van der Waals surface area contributed by atoms with Gasteiger partial charge < -0.3 is 15.8 Å².